The van der Waals surface area contributed by atoms with E-state index >= 15 is 0 Å². The summed E-state index contributed by atoms with van der Waals surface area (Å²) in [4.78, 5) is 22.9. The Bertz CT molecular complexity index is 2610. The van der Waals surface area contributed by atoms with Gasteiger partial charge in [-0.3, -0.25) is 23.0 Å². The third-order valence-corrected chi connectivity index (χ3v) is 10.6. The van der Waals surface area contributed by atoms with Gasteiger partial charge in [-0.1, -0.05) is 0 Å². The fraction of sp³-hybridized carbons (Fsp3) is 0.231. The molecule has 54 heavy (non-hydrogen) atoms. The monoisotopic (exact) mass is 845 g/mol. The molecule has 4 rings (SSSR count). The van der Waals surface area contributed by atoms with Crippen molar-refractivity contribution in [2.75, 3.05) is 23.0 Å². The van der Waals surface area contributed by atoms with Crippen LogP contribution in [-0.2, 0) is 57.0 Å². The van der Waals surface area contributed by atoms with Crippen LogP contribution in [0.1, 0.15) is 18.1 Å². The first-order valence-corrected chi connectivity index (χ1v) is 20.4. The predicted molar refractivity (Wildman–Crippen MR) is 187 cm³/mol. The van der Waals surface area contributed by atoms with E-state index in [1.807, 2.05) is 0 Å². The van der Waals surface area contributed by atoms with E-state index < -0.39 is 104 Å². The van der Waals surface area contributed by atoms with Gasteiger partial charge in [0.1, 0.15) is 16.3 Å². The van der Waals surface area contributed by atoms with E-state index in [2.05, 4.69) is 40.0 Å². The summed E-state index contributed by atoms with van der Waals surface area (Å²) >= 11 is 0. The minimum atomic E-state index is -4.98. The Labute approximate surface area is 328 Å². The van der Waals surface area contributed by atoms with Gasteiger partial charge in [0.25, 0.3) is 25.8 Å². The van der Waals surface area contributed by atoms with Crippen molar-refractivity contribution in [1.29, 1.82) is 0 Å². The number of aromatic nitrogens is 4. The summed E-state index contributed by atoms with van der Waals surface area (Å²) in [6, 6.07) is 7.68. The molecule has 0 saturated carbocycles. The van der Waals surface area contributed by atoms with Crippen LogP contribution in [0.4, 0.5) is 39.0 Å². The van der Waals surface area contributed by atoms with E-state index in [1.54, 1.807) is 0 Å². The van der Waals surface area contributed by atoms with Gasteiger partial charge in [0, 0.05) is 53.0 Å². The molecule has 0 aliphatic carbocycles. The van der Waals surface area contributed by atoms with Crippen molar-refractivity contribution in [3.8, 4) is 5.88 Å². The molecule has 0 saturated heterocycles. The summed E-state index contributed by atoms with van der Waals surface area (Å²) in [5.41, 5.74) is -2.62. The Morgan fingerprint density at radius 3 is 1.98 bits per heavy atom. The molecule has 0 unspecified atom stereocenters. The summed E-state index contributed by atoms with van der Waals surface area (Å²) in [5.74, 6) is -3.51. The van der Waals surface area contributed by atoms with Gasteiger partial charge in [0.2, 0.25) is 11.9 Å². The molecule has 22 nitrogen and oxygen atoms in total. The average Bonchev–Trinajstić information content (AvgIpc) is 3.01. The standard InChI is InChI=1S/C26H27FN8O14S4.Na/c1-3-35-22(36)18(13-51(40,41)42)14(2)21(23(35)37)34-33-19-12-16(6-9-20(19)52(43,44)45)29-26-31-24(27)30-25(32-26)28-15-4-7-17(8-5-15)50(38,39)11-10-49-53(46,47)48;/h4-9,12,36H,3,10-11,13H2,1-2H3,(H,40,41,42)(H,43,44,45)(H,46,47,48)(H2,28,29,30,31,32);. The van der Waals surface area contributed by atoms with Gasteiger partial charge in [0.15, 0.2) is 21.4 Å². The number of azo groups is 1. The van der Waals surface area contributed by atoms with Gasteiger partial charge in [0.05, 0.1) is 17.3 Å². The number of anilines is 4. The first-order valence-electron chi connectivity index (χ1n) is 14.3. The molecule has 0 spiro atoms. The molecule has 2 aromatic heterocycles. The van der Waals surface area contributed by atoms with Crippen molar-refractivity contribution in [2.45, 2.75) is 35.9 Å². The molecule has 2 heterocycles. The Kier molecular flexibility index (Phi) is 14.1. The summed E-state index contributed by atoms with van der Waals surface area (Å²) in [5, 5.41) is 23.2. The van der Waals surface area contributed by atoms with Crippen LogP contribution in [0, 0.1) is 13.0 Å². The molecule has 287 valence electrons. The summed E-state index contributed by atoms with van der Waals surface area (Å²) in [6.07, 6.45) is -1.31. The van der Waals surface area contributed by atoms with Crippen LogP contribution in [0.2, 0.25) is 0 Å². The number of nitrogens with zero attached hydrogens (tertiary/aromatic N) is 6. The van der Waals surface area contributed by atoms with Crippen LogP contribution in [-0.4, -0.2) is 114 Å². The maximum Gasteiger partial charge on any atom is 0.397 e. The maximum atomic E-state index is 14.4. The molecule has 0 fully saturated rings. The Balaban J connectivity index is 0.00000784. The van der Waals surface area contributed by atoms with Gasteiger partial charge >= 0.3 is 16.5 Å². The molecule has 6 N–H and O–H groups in total. The molecule has 28 heteroatoms. The Hall–Kier alpha value is -4.03. The molecule has 0 amide bonds. The van der Waals surface area contributed by atoms with Gasteiger partial charge in [-0.2, -0.15) is 44.6 Å². The average molecular weight is 846 g/mol. The Morgan fingerprint density at radius 1 is 0.870 bits per heavy atom. The van der Waals surface area contributed by atoms with Crippen LogP contribution in [0.15, 0.2) is 67.3 Å². The fourth-order valence-corrected chi connectivity index (χ4v) is 7.26. The van der Waals surface area contributed by atoms with E-state index in [0.29, 0.717) is 0 Å². The van der Waals surface area contributed by atoms with Gasteiger partial charge in [-0.25, -0.2) is 12.6 Å². The number of hydrogen-bond donors (Lipinski definition) is 6. The molecule has 0 atom stereocenters. The van der Waals surface area contributed by atoms with E-state index in [0.717, 1.165) is 34.9 Å². The number of benzene rings is 2. The van der Waals surface area contributed by atoms with Gasteiger partial charge < -0.3 is 15.7 Å². The fourth-order valence-electron chi connectivity index (χ4n) is 4.45. The van der Waals surface area contributed by atoms with Crippen molar-refractivity contribution in [3.05, 3.63) is 70.0 Å². The van der Waals surface area contributed by atoms with E-state index in [-0.39, 0.29) is 63.5 Å². The van der Waals surface area contributed by atoms with Crippen LogP contribution < -0.4 is 16.2 Å². The molecule has 0 bridgehead atoms. The normalized spacial score (nSPS) is 12.4. The minimum absolute atomic E-state index is 0. The summed E-state index contributed by atoms with van der Waals surface area (Å²) < 4.78 is 140. The van der Waals surface area contributed by atoms with Crippen LogP contribution in [0.3, 0.4) is 0 Å². The summed E-state index contributed by atoms with van der Waals surface area (Å²) in [7, 11) is -18.6. The number of sulfone groups is 1. The first-order chi connectivity index (χ1) is 24.5. The SMILES string of the molecule is CCn1c(O)c(CS(=O)(=O)O)c(C)c(N=Nc2cc(Nc3nc(F)nc(Nc4ccc(S(=O)(=O)CCOS(=O)(=O)O)cc4)n3)ccc2S(=O)(=O)O)c1=O.[Na]. The van der Waals surface area contributed by atoms with E-state index in [1.165, 1.54) is 26.0 Å². The van der Waals surface area contributed by atoms with Crippen molar-refractivity contribution < 1.29 is 61.0 Å². The first kappa shape index (κ1) is 44.4. The molecule has 0 aliphatic rings. The van der Waals surface area contributed by atoms with Crippen molar-refractivity contribution in [1.82, 2.24) is 19.5 Å². The number of nitrogens with one attached hydrogen (secondary N) is 2. The second-order valence-corrected chi connectivity index (χ2v) is 16.5. The smallest absolute Gasteiger partial charge is 0.397 e. The van der Waals surface area contributed by atoms with Crippen LogP contribution >= 0.6 is 0 Å². The second-order valence-electron chi connectivity index (χ2n) is 10.5. The molecule has 0 aliphatic heterocycles. The third kappa shape index (κ3) is 11.7. The minimum Gasteiger partial charge on any atom is -0.494 e. The zero-order chi connectivity index (χ0) is 39.5. The molecule has 2 aromatic carbocycles. The topological polar surface area (TPSA) is 336 Å². The van der Waals surface area contributed by atoms with Crippen LogP contribution in [0.25, 0.3) is 0 Å². The van der Waals surface area contributed by atoms with Crippen molar-refractivity contribution in [2.24, 2.45) is 10.2 Å². The van der Waals surface area contributed by atoms with Gasteiger partial charge in [-0.05, 0) is 61.9 Å². The second kappa shape index (κ2) is 17.2. The molecular weight excluding hydrogens is 819 g/mol. The summed E-state index contributed by atoms with van der Waals surface area (Å²) in [6.45, 7) is 1.61. The zero-order valence-corrected chi connectivity index (χ0v) is 33.2. The van der Waals surface area contributed by atoms with E-state index in [9.17, 15) is 57.1 Å². The van der Waals surface area contributed by atoms with E-state index in [4.69, 9.17) is 4.55 Å². The number of rotatable bonds is 15. The largest absolute Gasteiger partial charge is 0.494 e. The zero-order valence-electron chi connectivity index (χ0n) is 27.9. The number of pyridine rings is 1. The predicted octanol–water partition coefficient (Wildman–Crippen LogP) is 1.96. The quantitative estimate of drug-likeness (QED) is 0.0565. The number of halogens is 1. The number of hydrogen-bond acceptors (Lipinski definition) is 18. The number of aromatic hydroxyl groups is 1. The van der Waals surface area contributed by atoms with Crippen molar-refractivity contribution >= 4 is 105 Å². The molecule has 4 aromatic rings. The third-order valence-electron chi connectivity index (χ3n) is 6.84. The van der Waals surface area contributed by atoms with Gasteiger partial charge in [-0.15, -0.1) is 10.2 Å². The van der Waals surface area contributed by atoms with Crippen molar-refractivity contribution in [3.63, 3.8) is 0 Å². The Morgan fingerprint density at radius 2 is 1.44 bits per heavy atom. The molecule has 1 radical (unpaired) electrons. The van der Waals surface area contributed by atoms with Crippen LogP contribution in [0.5, 0.6) is 5.88 Å². The maximum absolute atomic E-state index is 14.4. The molecular formula is C26H27FN8NaO14S4.